The first-order valence-electron chi connectivity index (χ1n) is 6.67. The maximum atomic E-state index is 12.3. The number of nitrogens with zero attached hydrogens (tertiary/aromatic N) is 5. The van der Waals surface area contributed by atoms with Gasteiger partial charge in [-0.1, -0.05) is 0 Å². The standard InChI is InChI=1S/C14H15N5O/c20-14(13-16-5-2-6-17-13)19-8-1-3-11(9-19)12-4-7-15-10-18-12/h2,4-7,10-11H,1,3,8-9H2. The molecular weight excluding hydrogens is 254 g/mol. The first-order chi connectivity index (χ1) is 9.84. The Bertz CT molecular complexity index is 575. The predicted octanol–water partition coefficient (Wildman–Crippen LogP) is 1.29. The van der Waals surface area contributed by atoms with Crippen LogP contribution in [0.4, 0.5) is 0 Å². The number of hydrogen-bond acceptors (Lipinski definition) is 5. The van der Waals surface area contributed by atoms with Crippen molar-refractivity contribution in [2.24, 2.45) is 0 Å². The molecule has 3 heterocycles. The second-order valence-electron chi connectivity index (χ2n) is 4.80. The van der Waals surface area contributed by atoms with Gasteiger partial charge in [-0.25, -0.2) is 19.9 Å². The molecule has 0 aromatic carbocycles. The summed E-state index contributed by atoms with van der Waals surface area (Å²) in [6, 6.07) is 3.62. The maximum Gasteiger partial charge on any atom is 0.291 e. The smallest absolute Gasteiger partial charge is 0.291 e. The fourth-order valence-corrected chi connectivity index (χ4v) is 2.50. The van der Waals surface area contributed by atoms with E-state index in [0.717, 1.165) is 25.1 Å². The van der Waals surface area contributed by atoms with Crippen LogP contribution in [-0.2, 0) is 0 Å². The first-order valence-corrected chi connectivity index (χ1v) is 6.67. The van der Waals surface area contributed by atoms with Crippen molar-refractivity contribution < 1.29 is 4.79 Å². The lowest BCUT2D eigenvalue weighted by Crippen LogP contribution is -2.40. The summed E-state index contributed by atoms with van der Waals surface area (Å²) in [6.07, 6.45) is 8.47. The van der Waals surface area contributed by atoms with Gasteiger partial charge in [-0.15, -0.1) is 0 Å². The third-order valence-electron chi connectivity index (χ3n) is 3.49. The van der Waals surface area contributed by atoms with E-state index in [0.29, 0.717) is 6.54 Å². The fourth-order valence-electron chi connectivity index (χ4n) is 2.50. The van der Waals surface area contributed by atoms with E-state index < -0.39 is 0 Å². The molecule has 2 aromatic heterocycles. The number of piperidine rings is 1. The van der Waals surface area contributed by atoms with E-state index in [1.165, 1.54) is 0 Å². The molecule has 1 amide bonds. The quantitative estimate of drug-likeness (QED) is 0.821. The van der Waals surface area contributed by atoms with Crippen molar-refractivity contribution in [3.8, 4) is 0 Å². The van der Waals surface area contributed by atoms with Gasteiger partial charge in [-0.2, -0.15) is 0 Å². The van der Waals surface area contributed by atoms with Crippen LogP contribution in [0.25, 0.3) is 0 Å². The largest absolute Gasteiger partial charge is 0.335 e. The van der Waals surface area contributed by atoms with E-state index in [1.54, 1.807) is 31.0 Å². The summed E-state index contributed by atoms with van der Waals surface area (Å²) in [7, 11) is 0. The third-order valence-corrected chi connectivity index (χ3v) is 3.49. The summed E-state index contributed by atoms with van der Waals surface area (Å²) in [5.74, 6) is 0.416. The van der Waals surface area contributed by atoms with Crippen LogP contribution in [-0.4, -0.2) is 43.8 Å². The Labute approximate surface area is 116 Å². The van der Waals surface area contributed by atoms with Crippen LogP contribution >= 0.6 is 0 Å². The summed E-state index contributed by atoms with van der Waals surface area (Å²) in [6.45, 7) is 1.41. The molecule has 1 saturated heterocycles. The molecule has 3 rings (SSSR count). The van der Waals surface area contributed by atoms with Crippen molar-refractivity contribution >= 4 is 5.91 Å². The lowest BCUT2D eigenvalue weighted by molar-refractivity contribution is 0.0693. The molecule has 0 saturated carbocycles. The zero-order valence-electron chi connectivity index (χ0n) is 11.0. The molecule has 20 heavy (non-hydrogen) atoms. The monoisotopic (exact) mass is 269 g/mol. The minimum absolute atomic E-state index is 0.107. The topological polar surface area (TPSA) is 71.9 Å². The van der Waals surface area contributed by atoms with Gasteiger partial charge in [0.1, 0.15) is 6.33 Å². The molecule has 2 aromatic rings. The summed E-state index contributed by atoms with van der Waals surface area (Å²) in [4.78, 5) is 30.4. The van der Waals surface area contributed by atoms with Crippen molar-refractivity contribution in [1.82, 2.24) is 24.8 Å². The Hall–Kier alpha value is -2.37. The third kappa shape index (κ3) is 2.64. The molecular formula is C14H15N5O. The van der Waals surface area contributed by atoms with Gasteiger partial charge in [0, 0.05) is 43.3 Å². The normalized spacial score (nSPS) is 18.8. The highest BCUT2D eigenvalue weighted by Crippen LogP contribution is 2.25. The Morgan fingerprint density at radius 2 is 2.05 bits per heavy atom. The SMILES string of the molecule is O=C(c1ncccn1)N1CCCC(c2ccncn2)C1. The van der Waals surface area contributed by atoms with Crippen LogP contribution in [0.2, 0.25) is 0 Å². The van der Waals surface area contributed by atoms with Crippen LogP contribution in [0.3, 0.4) is 0 Å². The highest BCUT2D eigenvalue weighted by Gasteiger charge is 2.27. The van der Waals surface area contributed by atoms with Gasteiger partial charge >= 0.3 is 0 Å². The second-order valence-corrected chi connectivity index (χ2v) is 4.80. The van der Waals surface area contributed by atoms with Gasteiger partial charge in [0.2, 0.25) is 5.82 Å². The van der Waals surface area contributed by atoms with Gasteiger partial charge < -0.3 is 4.90 Å². The number of amides is 1. The molecule has 0 aliphatic carbocycles. The van der Waals surface area contributed by atoms with Crippen LogP contribution in [0, 0.1) is 0 Å². The molecule has 1 aliphatic rings. The lowest BCUT2D eigenvalue weighted by Gasteiger charge is -2.31. The molecule has 1 atom stereocenters. The fraction of sp³-hybridized carbons (Fsp3) is 0.357. The first kappa shape index (κ1) is 12.7. The van der Waals surface area contributed by atoms with Gasteiger partial charge in [-0.3, -0.25) is 4.79 Å². The van der Waals surface area contributed by atoms with Crippen molar-refractivity contribution in [2.45, 2.75) is 18.8 Å². The number of aromatic nitrogens is 4. The minimum Gasteiger partial charge on any atom is -0.335 e. The summed E-state index contributed by atoms with van der Waals surface area (Å²) < 4.78 is 0. The predicted molar refractivity (Wildman–Crippen MR) is 71.9 cm³/mol. The molecule has 1 fully saturated rings. The Kier molecular flexibility index (Phi) is 3.62. The van der Waals surface area contributed by atoms with Crippen molar-refractivity contribution in [2.75, 3.05) is 13.1 Å². The lowest BCUT2D eigenvalue weighted by atomic mass is 9.94. The van der Waals surface area contributed by atoms with E-state index in [9.17, 15) is 4.79 Å². The molecule has 0 spiro atoms. The molecule has 0 radical (unpaired) electrons. The van der Waals surface area contributed by atoms with Gasteiger partial charge in [-0.05, 0) is 25.0 Å². The van der Waals surface area contributed by atoms with E-state index in [2.05, 4.69) is 19.9 Å². The zero-order valence-corrected chi connectivity index (χ0v) is 11.0. The van der Waals surface area contributed by atoms with Crippen LogP contribution in [0.5, 0.6) is 0 Å². The maximum absolute atomic E-state index is 12.3. The molecule has 0 bridgehead atoms. The summed E-state index contributed by atoms with van der Waals surface area (Å²) in [5.41, 5.74) is 0.992. The Morgan fingerprint density at radius 1 is 1.20 bits per heavy atom. The highest BCUT2D eigenvalue weighted by molar-refractivity contribution is 5.90. The van der Waals surface area contributed by atoms with E-state index in [-0.39, 0.29) is 17.6 Å². The number of hydrogen-bond donors (Lipinski definition) is 0. The minimum atomic E-state index is -0.107. The second kappa shape index (κ2) is 5.73. The average Bonchev–Trinajstić information content (AvgIpc) is 2.56. The number of likely N-dealkylation sites (tertiary alicyclic amines) is 1. The van der Waals surface area contributed by atoms with Crippen LogP contribution < -0.4 is 0 Å². The van der Waals surface area contributed by atoms with E-state index >= 15 is 0 Å². The van der Waals surface area contributed by atoms with Crippen LogP contribution in [0.1, 0.15) is 35.1 Å². The van der Waals surface area contributed by atoms with E-state index in [1.807, 2.05) is 11.0 Å². The molecule has 6 heteroatoms. The van der Waals surface area contributed by atoms with E-state index in [4.69, 9.17) is 0 Å². The van der Waals surface area contributed by atoms with Gasteiger partial charge in [0.05, 0.1) is 0 Å². The van der Waals surface area contributed by atoms with Crippen molar-refractivity contribution in [3.05, 3.63) is 48.6 Å². The Balaban J connectivity index is 1.74. The van der Waals surface area contributed by atoms with Crippen LogP contribution in [0.15, 0.2) is 37.1 Å². The molecule has 0 N–H and O–H groups in total. The number of carbonyl (C=O) groups excluding carboxylic acids is 1. The number of carbonyl (C=O) groups is 1. The summed E-state index contributed by atoms with van der Waals surface area (Å²) in [5, 5.41) is 0. The van der Waals surface area contributed by atoms with Gasteiger partial charge in [0.25, 0.3) is 5.91 Å². The molecule has 102 valence electrons. The van der Waals surface area contributed by atoms with Crippen molar-refractivity contribution in [3.63, 3.8) is 0 Å². The summed E-state index contributed by atoms with van der Waals surface area (Å²) >= 11 is 0. The van der Waals surface area contributed by atoms with Crippen molar-refractivity contribution in [1.29, 1.82) is 0 Å². The molecule has 1 unspecified atom stereocenters. The highest BCUT2D eigenvalue weighted by atomic mass is 16.2. The number of rotatable bonds is 2. The molecule has 1 aliphatic heterocycles. The average molecular weight is 269 g/mol. The Morgan fingerprint density at radius 3 is 2.80 bits per heavy atom. The molecule has 6 nitrogen and oxygen atoms in total. The zero-order chi connectivity index (χ0) is 13.8. The van der Waals surface area contributed by atoms with Gasteiger partial charge in [0.15, 0.2) is 0 Å².